The molecule has 6 amide bonds. The molecule has 612 valence electrons. The summed E-state index contributed by atoms with van der Waals surface area (Å²) in [5.41, 5.74) is 17.3. The van der Waals surface area contributed by atoms with Crippen LogP contribution in [0.1, 0.15) is 179 Å². The van der Waals surface area contributed by atoms with Crippen molar-refractivity contribution in [2.75, 3.05) is 159 Å². The minimum absolute atomic E-state index is 0.0243. The summed E-state index contributed by atoms with van der Waals surface area (Å²) in [5, 5.41) is 44.8. The highest BCUT2D eigenvalue weighted by atomic mass is 16.5. The fourth-order valence-electron chi connectivity index (χ4n) is 10.9. The van der Waals surface area contributed by atoms with Gasteiger partial charge < -0.3 is 102 Å². The van der Waals surface area contributed by atoms with Crippen LogP contribution in [0.5, 0.6) is 5.75 Å². The predicted octanol–water partition coefficient (Wildman–Crippen LogP) is 2.69. The molecular formula is C74H129N11O22. The number of carboxylic acids is 2. The standard InChI is InChI=1S/C74H129N11O22/c1-3-78-62(65(89)52-85(2)64(25-20-34-83-74(76)77)72(97)84-63(71(75)96)50-57-27-30-59(86)31-28-57)24-18-19-33-79-67(91)54-106-48-45-103-41-37-82-68(92)55-105-47-42-100-38-21-23-61(88)53-104-46-43-102-40-36-81-69(93)56-107-49-44-101-39-35-80-66(90)32-29-58(73(98)99)51-60(87)22-16-14-12-10-8-6-4-5-7-9-11-13-15-17-26-70(94)95/h27-28,30-31,58,62-64,78,86H,3-26,29,32-56H2,1-2H3,(H2,75,96)(H,79,91)(H,80,90)(H,81,93)(H,82,92)(H,84,97)(H,94,95)(H,98,99)(H4,76,77,83)/t58-,62+,63+,64+/m1/s1. The number of hydrogen-bond donors (Lipinski definition) is 12. The Balaban J connectivity index is 2.00. The van der Waals surface area contributed by atoms with Crippen molar-refractivity contribution in [3.05, 3.63) is 29.8 Å². The van der Waals surface area contributed by atoms with E-state index in [0.717, 1.165) is 44.9 Å². The van der Waals surface area contributed by atoms with E-state index in [9.17, 15) is 63.0 Å². The van der Waals surface area contributed by atoms with Crippen LogP contribution >= 0.6 is 0 Å². The molecule has 0 radical (unpaired) electrons. The lowest BCUT2D eigenvalue weighted by Gasteiger charge is -2.29. The first-order valence-corrected chi connectivity index (χ1v) is 38.2. The van der Waals surface area contributed by atoms with Gasteiger partial charge in [0.25, 0.3) is 0 Å². The first-order valence-electron chi connectivity index (χ1n) is 38.2. The average molecular weight is 1520 g/mol. The fraction of sp³-hybridized carbons (Fsp3) is 0.757. The van der Waals surface area contributed by atoms with Crippen LogP contribution in [0.15, 0.2) is 29.3 Å². The Morgan fingerprint density at radius 3 is 1.41 bits per heavy atom. The van der Waals surface area contributed by atoms with E-state index in [1.165, 1.54) is 57.1 Å². The lowest BCUT2D eigenvalue weighted by atomic mass is 9.94. The van der Waals surface area contributed by atoms with E-state index >= 15 is 0 Å². The summed E-state index contributed by atoms with van der Waals surface area (Å²) in [5.74, 6) is -5.66. The number of carbonyl (C=O) groups is 11. The average Bonchev–Trinajstić information content (AvgIpc) is 0.860. The van der Waals surface area contributed by atoms with Crippen molar-refractivity contribution in [1.29, 1.82) is 0 Å². The van der Waals surface area contributed by atoms with Crippen LogP contribution in [-0.2, 0) is 97.1 Å². The van der Waals surface area contributed by atoms with E-state index in [1.54, 1.807) is 24.1 Å². The number of benzene rings is 1. The van der Waals surface area contributed by atoms with Gasteiger partial charge in [0.05, 0.1) is 97.2 Å². The number of nitrogens with one attached hydrogen (secondary N) is 6. The van der Waals surface area contributed by atoms with Crippen LogP contribution in [0.2, 0.25) is 0 Å². The van der Waals surface area contributed by atoms with Gasteiger partial charge in [-0.05, 0) is 89.1 Å². The van der Waals surface area contributed by atoms with Crippen molar-refractivity contribution < 1.29 is 106 Å². The number of nitrogens with two attached hydrogens (primary N) is 3. The number of unbranched alkanes of at least 4 members (excludes halogenated alkanes) is 14. The Kier molecular flexibility index (Phi) is 61.0. The zero-order valence-corrected chi connectivity index (χ0v) is 63.7. The highest BCUT2D eigenvalue weighted by Gasteiger charge is 2.30. The monoisotopic (exact) mass is 1520 g/mol. The largest absolute Gasteiger partial charge is 0.508 e. The molecule has 0 aliphatic rings. The number of likely N-dealkylation sites (N-methyl/N-ethyl adjacent to an activating group) is 2. The van der Waals surface area contributed by atoms with Crippen molar-refractivity contribution in [3.8, 4) is 5.75 Å². The van der Waals surface area contributed by atoms with Crippen LogP contribution in [0.25, 0.3) is 0 Å². The molecule has 1 aromatic carbocycles. The van der Waals surface area contributed by atoms with Crippen LogP contribution in [0.4, 0.5) is 0 Å². The number of ketones is 3. The number of carboxylic acid groups (broad SMARTS) is 2. The lowest BCUT2D eigenvalue weighted by Crippen LogP contribution is -2.54. The molecule has 0 bridgehead atoms. The van der Waals surface area contributed by atoms with Gasteiger partial charge in [0, 0.05) is 77.9 Å². The number of carbonyl (C=O) groups excluding carboxylic acids is 9. The predicted molar refractivity (Wildman–Crippen MR) is 400 cm³/mol. The Labute approximate surface area is 631 Å². The van der Waals surface area contributed by atoms with Gasteiger partial charge in [-0.1, -0.05) is 96.1 Å². The van der Waals surface area contributed by atoms with E-state index in [4.69, 9.17) is 60.2 Å². The second kappa shape index (κ2) is 66.8. The molecule has 0 fully saturated rings. The Morgan fingerprint density at radius 2 is 0.925 bits per heavy atom. The number of amides is 6. The Hall–Kier alpha value is -7.34. The molecule has 4 atom stereocenters. The second-order valence-electron chi connectivity index (χ2n) is 26.1. The number of rotatable bonds is 76. The molecule has 0 unspecified atom stereocenters. The first-order chi connectivity index (χ1) is 51.6. The zero-order chi connectivity index (χ0) is 78.8. The molecule has 0 aliphatic carbocycles. The number of nitrogens with zero attached hydrogens (tertiary/aromatic N) is 2. The molecule has 15 N–H and O–H groups in total. The molecule has 0 aliphatic heterocycles. The highest BCUT2D eigenvalue weighted by molar-refractivity contribution is 5.91. The summed E-state index contributed by atoms with van der Waals surface area (Å²) in [7, 11) is 1.65. The topological polar surface area (TPSA) is 488 Å². The van der Waals surface area contributed by atoms with Gasteiger partial charge in [0.2, 0.25) is 35.4 Å². The van der Waals surface area contributed by atoms with Crippen LogP contribution in [0.3, 0.4) is 0 Å². The van der Waals surface area contributed by atoms with E-state index in [-0.39, 0.29) is 229 Å². The Morgan fingerprint density at radius 1 is 0.467 bits per heavy atom. The molecule has 0 saturated carbocycles. The van der Waals surface area contributed by atoms with Gasteiger partial charge in [-0.25, -0.2) is 0 Å². The van der Waals surface area contributed by atoms with Gasteiger partial charge in [-0.15, -0.1) is 0 Å². The number of guanidine groups is 1. The highest BCUT2D eigenvalue weighted by Crippen LogP contribution is 2.19. The summed E-state index contributed by atoms with van der Waals surface area (Å²) in [4.78, 5) is 141. The molecule has 1 aromatic rings. The maximum absolute atomic E-state index is 13.7. The number of aliphatic imine (C=N–C) groups is 1. The van der Waals surface area contributed by atoms with E-state index in [0.29, 0.717) is 63.8 Å². The van der Waals surface area contributed by atoms with E-state index in [1.807, 2.05) is 6.92 Å². The molecule has 1 rings (SSSR count). The van der Waals surface area contributed by atoms with Crippen molar-refractivity contribution in [2.24, 2.45) is 28.1 Å². The smallest absolute Gasteiger partial charge is 0.306 e. The van der Waals surface area contributed by atoms with Crippen molar-refractivity contribution in [3.63, 3.8) is 0 Å². The summed E-state index contributed by atoms with van der Waals surface area (Å²) in [6.45, 7) is 5.47. The quantitative estimate of drug-likeness (QED) is 0.0253. The molecule has 0 heterocycles. The summed E-state index contributed by atoms with van der Waals surface area (Å²) in [6, 6.07) is 3.79. The van der Waals surface area contributed by atoms with Gasteiger partial charge in [-0.2, -0.15) is 0 Å². The van der Waals surface area contributed by atoms with Crippen molar-refractivity contribution in [2.45, 2.75) is 198 Å². The second-order valence-corrected chi connectivity index (χ2v) is 26.1. The normalized spacial score (nSPS) is 12.4. The number of Topliss-reactive ketones (excluding diaryl/α,β-unsaturated/α-hetero) is 3. The number of primary amides is 1. The summed E-state index contributed by atoms with van der Waals surface area (Å²) in [6.07, 6.45) is 18.8. The SMILES string of the molecule is CCN[C@@H](CCCCNC(=O)COCCOCCNC(=O)COCCOCCCC(=O)COCCOCCNC(=O)COCCOCCNC(=O)CC[C@H](CC(=O)CCCCCCCCCCCCCCCCC(=O)O)C(=O)O)C(=O)CN(C)[C@@H](CCCN=C(N)N)C(=O)N[C@@H](Cc1ccc(O)cc1)C(N)=O. The summed E-state index contributed by atoms with van der Waals surface area (Å²) >= 11 is 0. The molecule has 0 aromatic heterocycles. The maximum atomic E-state index is 13.7. The molecule has 0 spiro atoms. The number of ether oxygens (including phenoxy) is 8. The minimum Gasteiger partial charge on any atom is -0.508 e. The third kappa shape index (κ3) is 59.3. The lowest BCUT2D eigenvalue weighted by molar-refractivity contribution is -0.144. The number of phenols is 1. The maximum Gasteiger partial charge on any atom is 0.306 e. The van der Waals surface area contributed by atoms with Crippen molar-refractivity contribution >= 4 is 70.7 Å². The number of aliphatic carboxylic acids is 2. The van der Waals surface area contributed by atoms with E-state index in [2.05, 4.69) is 36.9 Å². The van der Waals surface area contributed by atoms with Gasteiger partial charge in [0.1, 0.15) is 44.0 Å². The summed E-state index contributed by atoms with van der Waals surface area (Å²) < 4.78 is 43.3. The van der Waals surface area contributed by atoms with Crippen LogP contribution < -0.4 is 49.1 Å². The van der Waals surface area contributed by atoms with Crippen LogP contribution in [-0.4, -0.2) is 268 Å². The van der Waals surface area contributed by atoms with E-state index < -0.39 is 47.8 Å². The molecule has 0 saturated heterocycles. The molecule has 33 heteroatoms. The van der Waals surface area contributed by atoms with Crippen LogP contribution in [0, 0.1) is 5.92 Å². The van der Waals surface area contributed by atoms with Gasteiger partial charge >= 0.3 is 11.9 Å². The number of aromatic hydroxyl groups is 1. The zero-order valence-electron chi connectivity index (χ0n) is 63.7. The minimum atomic E-state index is -1.09. The fourth-order valence-corrected chi connectivity index (χ4v) is 10.9. The van der Waals surface area contributed by atoms with Gasteiger partial charge in [0.15, 0.2) is 17.5 Å². The molecule has 33 nitrogen and oxygen atoms in total. The van der Waals surface area contributed by atoms with Gasteiger partial charge in [-0.3, -0.25) is 62.6 Å². The van der Waals surface area contributed by atoms with Crippen molar-refractivity contribution in [1.82, 2.24) is 36.8 Å². The number of hydrogen-bond acceptors (Lipinski definition) is 23. The molecular weight excluding hydrogens is 1390 g/mol. The third-order valence-corrected chi connectivity index (χ3v) is 16.8. The third-order valence-electron chi connectivity index (χ3n) is 16.8. The first kappa shape index (κ1) is 97.7. The Bertz CT molecular complexity index is 2640. The molecule has 107 heavy (non-hydrogen) atoms. The number of phenolic OH excluding ortho intramolecular Hbond substituents is 1.